The third-order valence-electron chi connectivity index (χ3n) is 3.70. The Hall–Kier alpha value is -0.370. The van der Waals surface area contributed by atoms with E-state index in [0.29, 0.717) is 5.41 Å². The molecule has 0 aromatic carbocycles. The number of aromatic nitrogens is 1. The molecule has 2 heteroatoms. The summed E-state index contributed by atoms with van der Waals surface area (Å²) in [5.41, 5.74) is 2.42. The Bertz CT molecular complexity index is 297. The van der Waals surface area contributed by atoms with Gasteiger partial charge in [-0.15, -0.1) is 11.3 Å². The summed E-state index contributed by atoms with van der Waals surface area (Å²) in [6.07, 6.45) is 7.65. The van der Waals surface area contributed by atoms with E-state index in [1.54, 1.807) is 0 Å². The van der Waals surface area contributed by atoms with E-state index >= 15 is 0 Å². The molecule has 84 valence electrons. The largest absolute Gasteiger partial charge is 0.253 e. The first-order chi connectivity index (χ1) is 7.09. The SMILES string of the molecule is CC(C)(C)[C@@H]1CCCC[C@H]1c1cncs1. The van der Waals surface area contributed by atoms with E-state index < -0.39 is 0 Å². The van der Waals surface area contributed by atoms with Gasteiger partial charge in [-0.3, -0.25) is 4.98 Å². The van der Waals surface area contributed by atoms with Crippen molar-refractivity contribution >= 4 is 11.3 Å². The molecule has 0 aliphatic heterocycles. The topological polar surface area (TPSA) is 12.9 Å². The maximum absolute atomic E-state index is 4.23. The van der Waals surface area contributed by atoms with Crippen LogP contribution in [-0.4, -0.2) is 4.98 Å². The third kappa shape index (κ3) is 2.41. The first-order valence-electron chi connectivity index (χ1n) is 5.97. The van der Waals surface area contributed by atoms with Crippen LogP contribution < -0.4 is 0 Å². The van der Waals surface area contributed by atoms with Crippen molar-refractivity contribution in [2.24, 2.45) is 11.3 Å². The van der Waals surface area contributed by atoms with Gasteiger partial charge in [0.1, 0.15) is 0 Å². The van der Waals surface area contributed by atoms with Crippen molar-refractivity contribution in [3.63, 3.8) is 0 Å². The molecule has 1 aliphatic carbocycles. The predicted octanol–water partition coefficient (Wildman–Crippen LogP) is 4.46. The number of rotatable bonds is 1. The van der Waals surface area contributed by atoms with Crippen LogP contribution in [0, 0.1) is 11.3 Å². The molecule has 0 spiro atoms. The molecule has 1 aromatic rings. The van der Waals surface area contributed by atoms with Gasteiger partial charge in [0.2, 0.25) is 0 Å². The van der Waals surface area contributed by atoms with Crippen molar-refractivity contribution < 1.29 is 0 Å². The average molecular weight is 223 g/mol. The molecule has 0 unspecified atom stereocenters. The van der Waals surface area contributed by atoms with E-state index in [2.05, 4.69) is 32.0 Å². The van der Waals surface area contributed by atoms with E-state index in [9.17, 15) is 0 Å². The van der Waals surface area contributed by atoms with Gasteiger partial charge in [-0.1, -0.05) is 33.6 Å². The molecule has 0 saturated heterocycles. The fraction of sp³-hybridized carbons (Fsp3) is 0.769. The van der Waals surface area contributed by atoms with E-state index in [1.807, 2.05) is 16.8 Å². The molecule has 1 heterocycles. The molecule has 15 heavy (non-hydrogen) atoms. The van der Waals surface area contributed by atoms with E-state index in [1.165, 1.54) is 30.6 Å². The molecule has 2 atom stereocenters. The lowest BCUT2D eigenvalue weighted by Gasteiger charge is -2.40. The number of hydrogen-bond acceptors (Lipinski definition) is 2. The summed E-state index contributed by atoms with van der Waals surface area (Å²) < 4.78 is 0. The Kier molecular flexibility index (Phi) is 3.15. The molecule has 1 fully saturated rings. The fourth-order valence-electron chi connectivity index (χ4n) is 2.92. The van der Waals surface area contributed by atoms with Gasteiger partial charge in [0.05, 0.1) is 5.51 Å². The smallest absolute Gasteiger partial charge is 0.0794 e. The summed E-state index contributed by atoms with van der Waals surface area (Å²) in [5.74, 6) is 1.61. The van der Waals surface area contributed by atoms with Crippen LogP contribution in [-0.2, 0) is 0 Å². The van der Waals surface area contributed by atoms with Crippen LogP contribution >= 0.6 is 11.3 Å². The average Bonchev–Trinajstić information content (AvgIpc) is 2.69. The first kappa shape index (κ1) is 11.1. The Morgan fingerprint density at radius 1 is 1.27 bits per heavy atom. The second-order valence-corrected chi connectivity index (χ2v) is 6.69. The highest BCUT2D eigenvalue weighted by atomic mass is 32.1. The fourth-order valence-corrected chi connectivity index (χ4v) is 3.74. The Balaban J connectivity index is 2.20. The Morgan fingerprint density at radius 2 is 2.00 bits per heavy atom. The Labute approximate surface area is 96.9 Å². The molecule has 0 bridgehead atoms. The zero-order valence-corrected chi connectivity index (χ0v) is 10.8. The summed E-state index contributed by atoms with van der Waals surface area (Å²) in [6, 6.07) is 0. The van der Waals surface area contributed by atoms with Crippen LogP contribution in [0.4, 0.5) is 0 Å². The van der Waals surface area contributed by atoms with Gasteiger partial charge >= 0.3 is 0 Å². The molecule has 1 nitrogen and oxygen atoms in total. The summed E-state index contributed by atoms with van der Waals surface area (Å²) in [7, 11) is 0. The van der Waals surface area contributed by atoms with Gasteiger partial charge in [-0.05, 0) is 30.1 Å². The maximum atomic E-state index is 4.23. The molecular formula is C13H21NS. The van der Waals surface area contributed by atoms with Crippen LogP contribution in [0.25, 0.3) is 0 Å². The lowest BCUT2D eigenvalue weighted by atomic mass is 9.66. The molecule has 0 N–H and O–H groups in total. The van der Waals surface area contributed by atoms with Crippen molar-refractivity contribution in [1.29, 1.82) is 0 Å². The summed E-state index contributed by atoms with van der Waals surface area (Å²) >= 11 is 1.84. The zero-order valence-electron chi connectivity index (χ0n) is 9.99. The minimum Gasteiger partial charge on any atom is -0.253 e. The molecular weight excluding hydrogens is 202 g/mol. The van der Waals surface area contributed by atoms with E-state index in [-0.39, 0.29) is 0 Å². The standard InChI is InChI=1S/C13H21NS/c1-13(2,3)11-7-5-4-6-10(11)12-8-14-9-15-12/h8-11H,4-7H2,1-3H3/t10-,11-/m1/s1. The summed E-state index contributed by atoms with van der Waals surface area (Å²) in [5, 5.41) is 0. The van der Waals surface area contributed by atoms with E-state index in [0.717, 1.165) is 11.8 Å². The quantitative estimate of drug-likeness (QED) is 0.685. The predicted molar refractivity (Wildman–Crippen MR) is 66.3 cm³/mol. The Morgan fingerprint density at radius 3 is 2.60 bits per heavy atom. The molecule has 0 radical (unpaired) electrons. The zero-order chi connectivity index (χ0) is 10.9. The van der Waals surface area contributed by atoms with Crippen LogP contribution in [0.2, 0.25) is 0 Å². The second-order valence-electron chi connectivity index (χ2n) is 5.77. The molecule has 0 amide bonds. The van der Waals surface area contributed by atoms with Gasteiger partial charge in [0, 0.05) is 11.1 Å². The lowest BCUT2D eigenvalue weighted by molar-refractivity contribution is 0.152. The van der Waals surface area contributed by atoms with Crippen molar-refractivity contribution in [2.45, 2.75) is 52.4 Å². The first-order valence-corrected chi connectivity index (χ1v) is 6.85. The molecule has 1 aliphatic rings. The summed E-state index contributed by atoms with van der Waals surface area (Å²) in [4.78, 5) is 5.74. The van der Waals surface area contributed by atoms with Crippen molar-refractivity contribution in [3.05, 3.63) is 16.6 Å². The van der Waals surface area contributed by atoms with Gasteiger partial charge in [-0.2, -0.15) is 0 Å². The van der Waals surface area contributed by atoms with Crippen LogP contribution in [0.1, 0.15) is 57.2 Å². The number of thiazole rings is 1. The van der Waals surface area contributed by atoms with Crippen molar-refractivity contribution in [2.75, 3.05) is 0 Å². The third-order valence-corrected chi connectivity index (χ3v) is 4.60. The van der Waals surface area contributed by atoms with Crippen LogP contribution in [0.3, 0.4) is 0 Å². The van der Waals surface area contributed by atoms with Gasteiger partial charge in [-0.25, -0.2) is 0 Å². The monoisotopic (exact) mass is 223 g/mol. The second kappa shape index (κ2) is 4.25. The molecule has 2 rings (SSSR count). The summed E-state index contributed by atoms with van der Waals surface area (Å²) in [6.45, 7) is 7.16. The normalized spacial score (nSPS) is 27.9. The minimum absolute atomic E-state index is 0.440. The van der Waals surface area contributed by atoms with Gasteiger partial charge < -0.3 is 0 Å². The van der Waals surface area contributed by atoms with Gasteiger partial charge in [0.25, 0.3) is 0 Å². The van der Waals surface area contributed by atoms with Crippen molar-refractivity contribution in [3.8, 4) is 0 Å². The van der Waals surface area contributed by atoms with Crippen LogP contribution in [0.15, 0.2) is 11.7 Å². The maximum Gasteiger partial charge on any atom is 0.0794 e. The highest BCUT2D eigenvalue weighted by Crippen LogP contribution is 2.47. The van der Waals surface area contributed by atoms with Gasteiger partial charge in [0.15, 0.2) is 0 Å². The van der Waals surface area contributed by atoms with Crippen LogP contribution in [0.5, 0.6) is 0 Å². The number of nitrogens with zero attached hydrogens (tertiary/aromatic N) is 1. The lowest BCUT2D eigenvalue weighted by Crippen LogP contribution is -2.29. The number of hydrogen-bond donors (Lipinski definition) is 0. The highest BCUT2D eigenvalue weighted by molar-refractivity contribution is 7.09. The van der Waals surface area contributed by atoms with Crippen molar-refractivity contribution in [1.82, 2.24) is 4.98 Å². The molecule has 1 aromatic heterocycles. The van der Waals surface area contributed by atoms with E-state index in [4.69, 9.17) is 0 Å². The highest BCUT2D eigenvalue weighted by Gasteiger charge is 2.35. The molecule has 1 saturated carbocycles. The minimum atomic E-state index is 0.440.